The Balaban J connectivity index is 2.09. The lowest BCUT2D eigenvalue weighted by Gasteiger charge is -2.14. The summed E-state index contributed by atoms with van der Waals surface area (Å²) in [6.45, 7) is 13.4. The molecule has 2 aromatic carbocycles. The van der Waals surface area contributed by atoms with E-state index in [0.29, 0.717) is 17.7 Å². The molecule has 0 unspecified atom stereocenters. The second-order valence-electron chi connectivity index (χ2n) is 6.55. The molecule has 0 aliphatic rings. The summed E-state index contributed by atoms with van der Waals surface area (Å²) < 4.78 is 2.13. The number of aryl methyl sites for hydroxylation is 1. The van der Waals surface area contributed by atoms with Crippen LogP contribution in [0.4, 0.5) is 5.69 Å². The van der Waals surface area contributed by atoms with Crippen molar-refractivity contribution in [2.45, 2.75) is 33.2 Å². The van der Waals surface area contributed by atoms with E-state index in [1.54, 1.807) is 23.7 Å². The maximum atomic E-state index is 11.6. The van der Waals surface area contributed by atoms with Gasteiger partial charge in [-0.25, -0.2) is 15.3 Å². The van der Waals surface area contributed by atoms with Crippen molar-refractivity contribution in [3.8, 4) is 0 Å². The molecule has 0 saturated carbocycles. The van der Waals surface area contributed by atoms with Gasteiger partial charge in [-0.05, 0) is 56.2 Å². The van der Waals surface area contributed by atoms with Crippen molar-refractivity contribution >= 4 is 22.6 Å². The van der Waals surface area contributed by atoms with Crippen molar-refractivity contribution in [2.75, 3.05) is 0 Å². The van der Waals surface area contributed by atoms with Gasteiger partial charge >= 0.3 is 0 Å². The number of nitrogens with one attached hydrogen (secondary N) is 1. The number of amides is 1. The lowest BCUT2D eigenvalue weighted by atomic mass is 10.1. The highest BCUT2D eigenvalue weighted by atomic mass is 16.5. The largest absolute Gasteiger partial charge is 0.326 e. The minimum absolute atomic E-state index is 0.181. The third-order valence-electron chi connectivity index (χ3n) is 4.37. The fraction of sp³-hybridized carbons (Fsp3) is 0.250. The summed E-state index contributed by atoms with van der Waals surface area (Å²) in [6.07, 6.45) is 0.547. The minimum atomic E-state index is -0.540. The SMILES string of the molecule is [C-]#[N+]c1cc2c(cc1C)nc(Cc1cccc(C(=O)NO)c1)n2C(C)C. The number of benzene rings is 2. The van der Waals surface area contributed by atoms with Crippen LogP contribution in [0.15, 0.2) is 36.4 Å². The van der Waals surface area contributed by atoms with Gasteiger partial charge in [0.25, 0.3) is 5.91 Å². The molecule has 132 valence electrons. The van der Waals surface area contributed by atoms with Crippen LogP contribution >= 0.6 is 0 Å². The van der Waals surface area contributed by atoms with E-state index in [1.165, 1.54) is 0 Å². The highest BCUT2D eigenvalue weighted by Gasteiger charge is 2.16. The first-order valence-electron chi connectivity index (χ1n) is 8.37. The van der Waals surface area contributed by atoms with Crippen LogP contribution in [0, 0.1) is 13.5 Å². The van der Waals surface area contributed by atoms with E-state index in [-0.39, 0.29) is 6.04 Å². The summed E-state index contributed by atoms with van der Waals surface area (Å²) in [5, 5.41) is 8.82. The first-order valence-corrected chi connectivity index (χ1v) is 8.37. The van der Waals surface area contributed by atoms with Gasteiger partial charge in [0, 0.05) is 18.0 Å². The number of carbonyl (C=O) groups excluding carboxylic acids is 1. The second-order valence-corrected chi connectivity index (χ2v) is 6.55. The number of fused-ring (bicyclic) bond motifs is 1. The van der Waals surface area contributed by atoms with Crippen LogP contribution in [0.25, 0.3) is 15.9 Å². The number of hydrogen-bond acceptors (Lipinski definition) is 3. The Labute approximate surface area is 151 Å². The molecule has 0 atom stereocenters. The van der Waals surface area contributed by atoms with E-state index in [2.05, 4.69) is 23.3 Å². The van der Waals surface area contributed by atoms with Gasteiger partial charge in [0.2, 0.25) is 0 Å². The maximum absolute atomic E-state index is 11.6. The number of aromatic nitrogens is 2. The molecule has 0 aliphatic heterocycles. The van der Waals surface area contributed by atoms with Crippen LogP contribution < -0.4 is 5.48 Å². The molecule has 0 saturated heterocycles. The molecule has 6 nitrogen and oxygen atoms in total. The van der Waals surface area contributed by atoms with Gasteiger partial charge in [-0.1, -0.05) is 12.1 Å². The van der Waals surface area contributed by atoms with E-state index < -0.39 is 5.91 Å². The predicted octanol–water partition coefficient (Wildman–Crippen LogP) is 4.19. The van der Waals surface area contributed by atoms with Crippen molar-refractivity contribution in [1.82, 2.24) is 15.0 Å². The van der Waals surface area contributed by atoms with Crippen molar-refractivity contribution in [2.24, 2.45) is 0 Å². The van der Waals surface area contributed by atoms with Crippen molar-refractivity contribution < 1.29 is 10.0 Å². The Kier molecular flexibility index (Phi) is 4.74. The van der Waals surface area contributed by atoms with Gasteiger partial charge in [0.1, 0.15) is 5.82 Å². The van der Waals surface area contributed by atoms with Crippen molar-refractivity contribution in [3.05, 3.63) is 70.3 Å². The van der Waals surface area contributed by atoms with Gasteiger partial charge in [0.05, 0.1) is 17.6 Å². The Bertz CT molecular complexity index is 1030. The van der Waals surface area contributed by atoms with Crippen LogP contribution in [-0.4, -0.2) is 20.7 Å². The van der Waals surface area contributed by atoms with E-state index in [4.69, 9.17) is 16.8 Å². The standard InChI is InChI=1S/C20H20N4O2/c1-12(2)24-18-11-16(21-4)13(3)8-17(18)22-19(24)10-14-6-5-7-15(9-14)20(25)23-26/h5-9,11-12,26H,10H2,1-3H3,(H,23,25). The monoisotopic (exact) mass is 348 g/mol. The molecule has 1 amide bonds. The topological polar surface area (TPSA) is 71.5 Å². The quantitative estimate of drug-likeness (QED) is 0.422. The second kappa shape index (κ2) is 6.98. The Morgan fingerprint density at radius 3 is 2.77 bits per heavy atom. The fourth-order valence-electron chi connectivity index (χ4n) is 3.18. The first-order chi connectivity index (χ1) is 12.4. The molecule has 2 N–H and O–H groups in total. The van der Waals surface area contributed by atoms with Crippen molar-refractivity contribution in [1.29, 1.82) is 0 Å². The average molecular weight is 348 g/mol. The van der Waals surface area contributed by atoms with E-state index in [9.17, 15) is 4.79 Å². The van der Waals surface area contributed by atoms with Gasteiger partial charge in [-0.3, -0.25) is 10.0 Å². The third-order valence-corrected chi connectivity index (χ3v) is 4.37. The highest BCUT2D eigenvalue weighted by molar-refractivity contribution is 5.93. The normalized spacial score (nSPS) is 10.9. The van der Waals surface area contributed by atoms with Crippen LogP contribution in [0.5, 0.6) is 0 Å². The molecule has 6 heteroatoms. The molecule has 26 heavy (non-hydrogen) atoms. The zero-order valence-corrected chi connectivity index (χ0v) is 14.9. The van der Waals surface area contributed by atoms with E-state index >= 15 is 0 Å². The number of carbonyl (C=O) groups is 1. The Morgan fingerprint density at radius 1 is 1.35 bits per heavy atom. The minimum Gasteiger partial charge on any atom is -0.326 e. The molecule has 0 aliphatic carbocycles. The van der Waals surface area contributed by atoms with E-state index in [1.807, 2.05) is 25.1 Å². The molecule has 1 aromatic heterocycles. The molecule has 3 aromatic rings. The summed E-state index contributed by atoms with van der Waals surface area (Å²) in [5.74, 6) is 0.333. The molecule has 1 heterocycles. The Hall–Kier alpha value is -3.17. The zero-order chi connectivity index (χ0) is 18.8. The van der Waals surface area contributed by atoms with Crippen molar-refractivity contribution in [3.63, 3.8) is 0 Å². The molecule has 0 bridgehead atoms. The summed E-state index contributed by atoms with van der Waals surface area (Å²) >= 11 is 0. The lowest BCUT2D eigenvalue weighted by molar-refractivity contribution is 0.0706. The molecule has 0 fully saturated rings. The molecule has 0 radical (unpaired) electrons. The fourth-order valence-corrected chi connectivity index (χ4v) is 3.18. The predicted molar refractivity (Wildman–Crippen MR) is 99.6 cm³/mol. The summed E-state index contributed by atoms with van der Waals surface area (Å²) in [5.41, 5.74) is 6.32. The van der Waals surface area contributed by atoms with Gasteiger partial charge in [0.15, 0.2) is 5.69 Å². The molecule has 3 rings (SSSR count). The number of hydrogen-bond donors (Lipinski definition) is 2. The molecular formula is C20H20N4O2. The van der Waals surface area contributed by atoms with E-state index in [0.717, 1.165) is 28.0 Å². The van der Waals surface area contributed by atoms with Gasteiger partial charge in [-0.2, -0.15) is 0 Å². The van der Waals surface area contributed by atoms with Crippen LogP contribution in [0.3, 0.4) is 0 Å². The van der Waals surface area contributed by atoms with Gasteiger partial charge < -0.3 is 4.57 Å². The number of nitrogens with zero attached hydrogens (tertiary/aromatic N) is 3. The average Bonchev–Trinajstić information content (AvgIpc) is 2.97. The molecule has 0 spiro atoms. The third kappa shape index (κ3) is 3.17. The number of hydroxylamine groups is 1. The summed E-state index contributed by atoms with van der Waals surface area (Å²) in [6, 6.07) is 11.1. The zero-order valence-electron chi connectivity index (χ0n) is 14.9. The lowest BCUT2D eigenvalue weighted by Crippen LogP contribution is -2.18. The number of imidazole rings is 1. The maximum Gasteiger partial charge on any atom is 0.274 e. The summed E-state index contributed by atoms with van der Waals surface area (Å²) in [4.78, 5) is 20.0. The Morgan fingerprint density at radius 2 is 2.12 bits per heavy atom. The summed E-state index contributed by atoms with van der Waals surface area (Å²) in [7, 11) is 0. The highest BCUT2D eigenvalue weighted by Crippen LogP contribution is 2.29. The van der Waals surface area contributed by atoms with Crippen LogP contribution in [0.2, 0.25) is 0 Å². The van der Waals surface area contributed by atoms with Gasteiger partial charge in [-0.15, -0.1) is 0 Å². The molecular weight excluding hydrogens is 328 g/mol. The van der Waals surface area contributed by atoms with Crippen LogP contribution in [-0.2, 0) is 6.42 Å². The number of rotatable bonds is 4. The van der Waals surface area contributed by atoms with Crippen LogP contribution in [0.1, 0.15) is 47.2 Å². The first kappa shape index (κ1) is 17.6. The smallest absolute Gasteiger partial charge is 0.274 e.